The number of carbonyl (C=O) groups is 2. The number of carbonyl (C=O) groups excluding carboxylic acids is 2. The quantitative estimate of drug-likeness (QED) is 0.517. The van der Waals surface area contributed by atoms with Gasteiger partial charge in [0, 0.05) is 12.3 Å². The molecule has 4 rings (SSSR count). The van der Waals surface area contributed by atoms with Gasteiger partial charge in [-0.15, -0.1) is 11.8 Å². The van der Waals surface area contributed by atoms with Crippen LogP contribution in [0.3, 0.4) is 0 Å². The number of rotatable bonds is 7. The molecule has 176 valence electrons. The summed E-state index contributed by atoms with van der Waals surface area (Å²) in [5.74, 6) is 1.56. The Balaban J connectivity index is 1.55. The Hall–Kier alpha value is -3.65. The fraction of sp³-hybridized carbons (Fsp3) is 0.231. The van der Waals surface area contributed by atoms with Crippen LogP contribution in [0.25, 0.3) is 0 Å². The summed E-state index contributed by atoms with van der Waals surface area (Å²) in [6, 6.07) is 23.5. The normalized spacial score (nSPS) is 17.2. The van der Waals surface area contributed by atoms with E-state index in [0.717, 1.165) is 16.9 Å². The minimum atomic E-state index is -0.629. The highest BCUT2D eigenvalue weighted by molar-refractivity contribution is 7.99. The SMILES string of the molecule is COc1cccc(CNC(=O)[C@H]2CS[C@@H](c3ccccc3)N2C(=O)Nc2ccccc2OC)c1. The molecule has 1 aliphatic heterocycles. The molecule has 0 aliphatic carbocycles. The molecule has 0 aromatic heterocycles. The second-order valence-electron chi connectivity index (χ2n) is 7.72. The van der Waals surface area contributed by atoms with Crippen molar-refractivity contribution >= 4 is 29.4 Å². The van der Waals surface area contributed by atoms with Gasteiger partial charge in [0.1, 0.15) is 22.9 Å². The predicted molar refractivity (Wildman–Crippen MR) is 134 cm³/mol. The Kier molecular flexibility index (Phi) is 7.59. The fourth-order valence-corrected chi connectivity index (χ4v) is 5.28. The number of ether oxygens (including phenoxy) is 2. The summed E-state index contributed by atoms with van der Waals surface area (Å²) in [5.41, 5.74) is 2.43. The molecular weight excluding hydrogens is 450 g/mol. The Morgan fingerprint density at radius 1 is 0.971 bits per heavy atom. The average Bonchev–Trinajstić information content (AvgIpc) is 3.34. The number of nitrogens with one attached hydrogen (secondary N) is 2. The molecule has 2 N–H and O–H groups in total. The molecule has 7 nitrogen and oxygen atoms in total. The van der Waals surface area contributed by atoms with Crippen LogP contribution in [-0.2, 0) is 11.3 Å². The van der Waals surface area contributed by atoms with E-state index < -0.39 is 6.04 Å². The van der Waals surface area contributed by atoms with Crippen molar-refractivity contribution in [1.82, 2.24) is 10.2 Å². The van der Waals surface area contributed by atoms with Crippen molar-refractivity contribution in [2.45, 2.75) is 18.0 Å². The molecule has 1 aliphatic rings. The van der Waals surface area contributed by atoms with Gasteiger partial charge >= 0.3 is 6.03 Å². The van der Waals surface area contributed by atoms with E-state index in [1.54, 1.807) is 43.0 Å². The van der Waals surface area contributed by atoms with Gasteiger partial charge in [-0.25, -0.2) is 4.79 Å². The van der Waals surface area contributed by atoms with Crippen molar-refractivity contribution in [3.05, 3.63) is 90.0 Å². The molecule has 1 saturated heterocycles. The van der Waals surface area contributed by atoms with Crippen molar-refractivity contribution < 1.29 is 19.1 Å². The molecule has 34 heavy (non-hydrogen) atoms. The van der Waals surface area contributed by atoms with E-state index in [1.165, 1.54) is 0 Å². The van der Waals surface area contributed by atoms with Crippen molar-refractivity contribution in [2.75, 3.05) is 25.3 Å². The van der Waals surface area contributed by atoms with Crippen LogP contribution < -0.4 is 20.1 Å². The maximum absolute atomic E-state index is 13.5. The van der Waals surface area contributed by atoms with E-state index >= 15 is 0 Å². The monoisotopic (exact) mass is 477 g/mol. The number of nitrogens with zero attached hydrogens (tertiary/aromatic N) is 1. The van der Waals surface area contributed by atoms with Crippen molar-refractivity contribution in [2.24, 2.45) is 0 Å². The zero-order chi connectivity index (χ0) is 23.9. The van der Waals surface area contributed by atoms with Gasteiger partial charge < -0.3 is 20.1 Å². The largest absolute Gasteiger partial charge is 0.497 e. The van der Waals surface area contributed by atoms with E-state index in [9.17, 15) is 9.59 Å². The zero-order valence-electron chi connectivity index (χ0n) is 19.1. The molecule has 0 bridgehead atoms. The first-order valence-corrected chi connectivity index (χ1v) is 11.9. The summed E-state index contributed by atoms with van der Waals surface area (Å²) in [6.07, 6.45) is 0. The number of amides is 3. The molecule has 0 unspecified atom stereocenters. The maximum Gasteiger partial charge on any atom is 0.323 e. The summed E-state index contributed by atoms with van der Waals surface area (Å²) in [5, 5.41) is 5.62. The first kappa shape index (κ1) is 23.5. The molecule has 1 heterocycles. The lowest BCUT2D eigenvalue weighted by Gasteiger charge is -2.29. The van der Waals surface area contributed by atoms with E-state index in [1.807, 2.05) is 66.7 Å². The van der Waals surface area contributed by atoms with Gasteiger partial charge in [-0.2, -0.15) is 0 Å². The van der Waals surface area contributed by atoms with Gasteiger partial charge in [0.15, 0.2) is 0 Å². The molecular formula is C26H27N3O4S. The van der Waals surface area contributed by atoms with Crippen molar-refractivity contribution in [3.8, 4) is 11.5 Å². The van der Waals surface area contributed by atoms with Crippen LogP contribution in [0.1, 0.15) is 16.5 Å². The molecule has 0 radical (unpaired) electrons. The molecule has 1 fully saturated rings. The minimum Gasteiger partial charge on any atom is -0.497 e. The number of hydrogen-bond acceptors (Lipinski definition) is 5. The zero-order valence-corrected chi connectivity index (χ0v) is 19.9. The predicted octanol–water partition coefficient (Wildman–Crippen LogP) is 4.67. The van der Waals surface area contributed by atoms with Crippen molar-refractivity contribution in [1.29, 1.82) is 0 Å². The lowest BCUT2D eigenvalue weighted by molar-refractivity contribution is -0.124. The molecule has 0 saturated carbocycles. The Labute approximate surface area is 203 Å². The summed E-state index contributed by atoms with van der Waals surface area (Å²) < 4.78 is 10.6. The number of methoxy groups -OCH3 is 2. The molecule has 3 aromatic rings. The average molecular weight is 478 g/mol. The highest BCUT2D eigenvalue weighted by atomic mass is 32.2. The van der Waals surface area contributed by atoms with E-state index in [0.29, 0.717) is 23.7 Å². The first-order chi connectivity index (χ1) is 16.6. The van der Waals surface area contributed by atoms with E-state index in [2.05, 4.69) is 10.6 Å². The van der Waals surface area contributed by atoms with Crippen LogP contribution in [-0.4, -0.2) is 42.9 Å². The minimum absolute atomic E-state index is 0.205. The standard InChI is InChI=1S/C26H27N3O4S/c1-32-20-12-8-9-18(15-20)16-27-24(30)22-17-34-25(19-10-4-3-5-11-19)29(22)26(31)28-21-13-6-7-14-23(21)33-2/h3-15,22,25H,16-17H2,1-2H3,(H,27,30)(H,28,31)/t22-,25+/m1/s1. The first-order valence-electron chi connectivity index (χ1n) is 10.9. The third-order valence-electron chi connectivity index (χ3n) is 5.57. The Morgan fingerprint density at radius 2 is 1.74 bits per heavy atom. The molecule has 3 aromatic carbocycles. The Bertz CT molecular complexity index is 1140. The summed E-state index contributed by atoms with van der Waals surface area (Å²) in [7, 11) is 3.16. The van der Waals surface area contributed by atoms with Gasteiger partial charge in [-0.1, -0.05) is 54.6 Å². The summed E-state index contributed by atoms with van der Waals surface area (Å²) >= 11 is 1.57. The smallest absolute Gasteiger partial charge is 0.323 e. The molecule has 2 atom stereocenters. The van der Waals surface area contributed by atoms with Gasteiger partial charge in [0.2, 0.25) is 5.91 Å². The third-order valence-corrected chi connectivity index (χ3v) is 6.89. The van der Waals surface area contributed by atoms with Gasteiger partial charge in [0.25, 0.3) is 0 Å². The van der Waals surface area contributed by atoms with Crippen LogP contribution in [0.15, 0.2) is 78.9 Å². The lowest BCUT2D eigenvalue weighted by Crippen LogP contribution is -2.49. The molecule has 0 spiro atoms. The number of para-hydroxylation sites is 2. The van der Waals surface area contributed by atoms with Crippen LogP contribution >= 0.6 is 11.8 Å². The van der Waals surface area contributed by atoms with Crippen LogP contribution in [0, 0.1) is 0 Å². The number of urea groups is 1. The molecule has 8 heteroatoms. The molecule has 3 amide bonds. The highest BCUT2D eigenvalue weighted by Gasteiger charge is 2.42. The topological polar surface area (TPSA) is 79.9 Å². The second kappa shape index (κ2) is 11.0. The third kappa shape index (κ3) is 5.28. The van der Waals surface area contributed by atoms with E-state index in [4.69, 9.17) is 9.47 Å². The number of anilines is 1. The Morgan fingerprint density at radius 3 is 2.50 bits per heavy atom. The van der Waals surface area contributed by atoms with Gasteiger partial charge in [0.05, 0.1) is 19.9 Å². The van der Waals surface area contributed by atoms with Gasteiger partial charge in [-0.3, -0.25) is 9.69 Å². The summed E-state index contributed by atoms with van der Waals surface area (Å²) in [6.45, 7) is 0.342. The maximum atomic E-state index is 13.5. The van der Waals surface area contributed by atoms with Crippen LogP contribution in [0.4, 0.5) is 10.5 Å². The second-order valence-corrected chi connectivity index (χ2v) is 8.83. The van der Waals surface area contributed by atoms with Crippen molar-refractivity contribution in [3.63, 3.8) is 0 Å². The number of benzene rings is 3. The van der Waals surface area contributed by atoms with E-state index in [-0.39, 0.29) is 17.3 Å². The van der Waals surface area contributed by atoms with Gasteiger partial charge in [-0.05, 0) is 35.4 Å². The lowest BCUT2D eigenvalue weighted by atomic mass is 10.1. The summed E-state index contributed by atoms with van der Waals surface area (Å²) in [4.78, 5) is 28.3. The number of hydrogen-bond donors (Lipinski definition) is 2. The van der Waals surface area contributed by atoms with Crippen LogP contribution in [0.5, 0.6) is 11.5 Å². The fourth-order valence-electron chi connectivity index (χ4n) is 3.85. The highest BCUT2D eigenvalue weighted by Crippen LogP contribution is 2.42. The van der Waals surface area contributed by atoms with Crippen LogP contribution in [0.2, 0.25) is 0 Å². The number of thioether (sulfide) groups is 1.